The van der Waals surface area contributed by atoms with E-state index in [1.165, 1.54) is 0 Å². The zero-order chi connectivity index (χ0) is 33.3. The number of aliphatic hydroxyl groups is 1. The normalized spacial score (nSPS) is 21.6. The molecule has 0 spiro atoms. The first-order valence-electron chi connectivity index (χ1n) is 16.8. The number of amides is 2. The first-order valence-corrected chi connectivity index (χ1v) is 16.8. The topological polar surface area (TPSA) is 107 Å². The Hall–Kier alpha value is -3.99. The maximum atomic E-state index is 13.4. The van der Waals surface area contributed by atoms with Crippen LogP contribution in [0.2, 0.25) is 0 Å². The number of nitrogens with one attached hydrogen (secondary N) is 2. The average molecular weight is 640 g/mol. The van der Waals surface area contributed by atoms with Crippen LogP contribution in [0, 0.1) is 0 Å². The number of fused-ring (bicyclic) bond motifs is 2. The Morgan fingerprint density at radius 2 is 1.89 bits per heavy atom. The molecule has 2 aromatic carbocycles. The van der Waals surface area contributed by atoms with Gasteiger partial charge in [-0.1, -0.05) is 51.1 Å². The second kappa shape index (κ2) is 13.3. The number of carbonyl (C=O) groups is 1. The number of pyridine rings is 1. The fourth-order valence-electron chi connectivity index (χ4n) is 7.05. The molecule has 4 aromatic rings. The lowest BCUT2D eigenvalue weighted by Gasteiger charge is -2.32. The zero-order valence-corrected chi connectivity index (χ0v) is 28.6. The van der Waals surface area contributed by atoms with Crippen LogP contribution in [0.25, 0.3) is 5.65 Å². The number of hydrogen-bond acceptors (Lipinski definition) is 7. The van der Waals surface area contributed by atoms with Gasteiger partial charge in [0.2, 0.25) is 0 Å². The quantitative estimate of drug-likeness (QED) is 0.201. The molecule has 1 fully saturated rings. The number of likely N-dealkylation sites (N-methyl/N-ethyl adjacent to an activating group) is 1. The highest BCUT2D eigenvalue weighted by atomic mass is 16.5. The molecule has 2 aliphatic rings. The minimum Gasteiger partial charge on any atom is -0.484 e. The predicted molar refractivity (Wildman–Crippen MR) is 185 cm³/mol. The highest BCUT2D eigenvalue weighted by Gasteiger charge is 2.40. The summed E-state index contributed by atoms with van der Waals surface area (Å²) in [4.78, 5) is 17.9. The Labute approximate surface area is 278 Å². The number of urea groups is 1. The van der Waals surface area contributed by atoms with Crippen molar-refractivity contribution in [3.05, 3.63) is 88.9 Å². The van der Waals surface area contributed by atoms with Crippen LogP contribution < -0.4 is 15.4 Å². The van der Waals surface area contributed by atoms with Crippen LogP contribution in [0.4, 0.5) is 10.5 Å². The SMILES string of the molecule is CN(CCO)Cc1cc(NC(=O)N[C@@H]2CC[C@@H](Oc3ccc4nnc([C@]5(C)CCCN5C)n4c3)c3ccccc32)cc(C(C)(C)C)c1. The summed E-state index contributed by atoms with van der Waals surface area (Å²) >= 11 is 0. The molecule has 2 amide bonds. The molecule has 0 unspecified atom stereocenters. The van der Waals surface area contributed by atoms with E-state index in [1.54, 1.807) is 0 Å². The third-order valence-electron chi connectivity index (χ3n) is 9.93. The van der Waals surface area contributed by atoms with Crippen molar-refractivity contribution in [2.75, 3.05) is 39.1 Å². The van der Waals surface area contributed by atoms with Gasteiger partial charge in [0, 0.05) is 18.8 Å². The second-order valence-corrected chi connectivity index (χ2v) is 14.5. The molecule has 47 heavy (non-hydrogen) atoms. The minimum atomic E-state index is -0.235. The summed E-state index contributed by atoms with van der Waals surface area (Å²) in [6.45, 7) is 11.2. The number of aromatic nitrogens is 3. The molecule has 2 aromatic heterocycles. The molecule has 1 aliphatic carbocycles. The number of rotatable bonds is 9. The zero-order valence-electron chi connectivity index (χ0n) is 28.6. The first kappa shape index (κ1) is 32.9. The molecule has 3 heterocycles. The third kappa shape index (κ3) is 7.00. The van der Waals surface area contributed by atoms with Crippen molar-refractivity contribution in [3.8, 4) is 5.75 Å². The first-order chi connectivity index (χ1) is 22.4. The van der Waals surface area contributed by atoms with Crippen molar-refractivity contribution >= 4 is 17.4 Å². The van der Waals surface area contributed by atoms with E-state index in [9.17, 15) is 9.90 Å². The Morgan fingerprint density at radius 3 is 2.62 bits per heavy atom. The maximum absolute atomic E-state index is 13.4. The molecule has 0 bridgehead atoms. The van der Waals surface area contributed by atoms with Crippen LogP contribution in [-0.4, -0.2) is 69.3 Å². The molecular formula is C37H49N7O3. The fraction of sp³-hybridized carbons (Fsp3) is 0.486. The summed E-state index contributed by atoms with van der Waals surface area (Å²) in [5, 5.41) is 24.7. The van der Waals surface area contributed by atoms with Crippen LogP contribution in [-0.2, 0) is 17.5 Å². The molecular weight excluding hydrogens is 590 g/mol. The summed E-state index contributed by atoms with van der Waals surface area (Å²) in [5.74, 6) is 1.71. The van der Waals surface area contributed by atoms with Gasteiger partial charge in [-0.15, -0.1) is 10.2 Å². The predicted octanol–water partition coefficient (Wildman–Crippen LogP) is 6.17. The van der Waals surface area contributed by atoms with Crippen molar-refractivity contribution in [1.82, 2.24) is 29.7 Å². The number of likely N-dealkylation sites (tertiary alicyclic amines) is 1. The number of ether oxygens (including phenoxy) is 1. The van der Waals surface area contributed by atoms with E-state index < -0.39 is 0 Å². The van der Waals surface area contributed by atoms with Gasteiger partial charge in [-0.2, -0.15) is 0 Å². The van der Waals surface area contributed by atoms with Crippen LogP contribution in [0.5, 0.6) is 5.75 Å². The van der Waals surface area contributed by atoms with E-state index in [0.29, 0.717) is 13.1 Å². The summed E-state index contributed by atoms with van der Waals surface area (Å²) in [6, 6.07) is 18.1. The summed E-state index contributed by atoms with van der Waals surface area (Å²) < 4.78 is 8.73. The van der Waals surface area contributed by atoms with Gasteiger partial charge in [-0.3, -0.25) is 14.2 Å². The highest BCUT2D eigenvalue weighted by molar-refractivity contribution is 5.89. The maximum Gasteiger partial charge on any atom is 0.319 e. The van der Waals surface area contributed by atoms with E-state index in [0.717, 1.165) is 77.4 Å². The molecule has 250 valence electrons. The van der Waals surface area contributed by atoms with E-state index in [1.807, 2.05) is 43.6 Å². The van der Waals surface area contributed by atoms with E-state index in [4.69, 9.17) is 4.74 Å². The standard InChI is InChI=1S/C37H49N7O3/c1-36(2,3)26-20-25(23-42(5)18-19-45)21-27(22-26)38-35(46)39-31-13-14-32(30-11-8-7-10-29(30)31)47-28-12-15-33-40-41-34(44(33)24-28)37(4)16-9-17-43(37)6/h7-8,10-12,15,20-22,24,31-32,45H,9,13-14,16-19,23H2,1-6H3,(H2,38,39,46)/t31-,32-,37+/m1/s1. The summed E-state index contributed by atoms with van der Waals surface area (Å²) in [7, 11) is 4.13. The van der Waals surface area contributed by atoms with Crippen molar-refractivity contribution in [1.29, 1.82) is 0 Å². The van der Waals surface area contributed by atoms with E-state index in [-0.39, 0.29) is 35.7 Å². The molecule has 3 atom stereocenters. The highest BCUT2D eigenvalue weighted by Crippen LogP contribution is 2.40. The molecule has 1 aliphatic heterocycles. The monoisotopic (exact) mass is 639 g/mol. The van der Waals surface area contributed by atoms with E-state index >= 15 is 0 Å². The molecule has 0 radical (unpaired) electrons. The van der Waals surface area contributed by atoms with E-state index in [2.05, 4.69) is 94.0 Å². The van der Waals surface area contributed by atoms with Gasteiger partial charge < -0.3 is 20.5 Å². The lowest BCUT2D eigenvalue weighted by atomic mass is 9.85. The second-order valence-electron chi connectivity index (χ2n) is 14.5. The van der Waals surface area contributed by atoms with Crippen LogP contribution in [0.15, 0.2) is 60.8 Å². The average Bonchev–Trinajstić information content (AvgIpc) is 3.60. The van der Waals surface area contributed by atoms with Crippen LogP contribution in [0.3, 0.4) is 0 Å². The largest absolute Gasteiger partial charge is 0.484 e. The number of benzene rings is 2. The van der Waals surface area contributed by atoms with Crippen molar-refractivity contribution in [2.24, 2.45) is 0 Å². The molecule has 3 N–H and O–H groups in total. The van der Waals surface area contributed by atoms with Gasteiger partial charge in [0.05, 0.1) is 24.4 Å². The fourth-order valence-corrected chi connectivity index (χ4v) is 7.05. The van der Waals surface area contributed by atoms with Crippen molar-refractivity contribution in [3.63, 3.8) is 0 Å². The summed E-state index contributed by atoms with van der Waals surface area (Å²) in [5.41, 5.74) is 5.71. The van der Waals surface area contributed by atoms with Gasteiger partial charge >= 0.3 is 6.03 Å². The number of hydrogen-bond donors (Lipinski definition) is 3. The third-order valence-corrected chi connectivity index (χ3v) is 9.93. The minimum absolute atomic E-state index is 0.0823. The summed E-state index contributed by atoms with van der Waals surface area (Å²) in [6.07, 6.45) is 5.56. The Morgan fingerprint density at radius 1 is 1.11 bits per heavy atom. The van der Waals surface area contributed by atoms with Crippen molar-refractivity contribution < 1.29 is 14.6 Å². The number of anilines is 1. The Bertz CT molecular complexity index is 1730. The van der Waals surface area contributed by atoms with Crippen LogP contribution in [0.1, 0.15) is 93.6 Å². The van der Waals surface area contributed by atoms with Gasteiger partial charge in [-0.05, 0) is 105 Å². The van der Waals surface area contributed by atoms with Gasteiger partial charge in [0.15, 0.2) is 11.5 Å². The number of nitrogens with zero attached hydrogens (tertiary/aromatic N) is 5. The smallest absolute Gasteiger partial charge is 0.319 e. The molecule has 1 saturated heterocycles. The van der Waals surface area contributed by atoms with Crippen LogP contribution >= 0.6 is 0 Å². The van der Waals surface area contributed by atoms with Gasteiger partial charge in [-0.25, -0.2) is 4.79 Å². The molecule has 10 heteroatoms. The molecule has 6 rings (SSSR count). The lowest BCUT2D eigenvalue weighted by Crippen LogP contribution is -2.37. The molecule has 0 saturated carbocycles. The number of carbonyl (C=O) groups excluding carboxylic acids is 1. The Balaban J connectivity index is 1.18. The Kier molecular flexibility index (Phi) is 9.29. The lowest BCUT2D eigenvalue weighted by molar-refractivity contribution is 0.170. The van der Waals surface area contributed by atoms with Crippen molar-refractivity contribution in [2.45, 2.75) is 83.0 Å². The molecule has 10 nitrogen and oxygen atoms in total. The van der Waals surface area contributed by atoms with Gasteiger partial charge in [0.1, 0.15) is 11.9 Å². The number of aliphatic hydroxyl groups excluding tert-OH is 1. The van der Waals surface area contributed by atoms with Gasteiger partial charge in [0.25, 0.3) is 0 Å².